The van der Waals surface area contributed by atoms with E-state index in [-0.39, 0.29) is 37.4 Å². The number of carbonyl (C=O) groups excluding carboxylic acids is 1. The molecule has 0 unspecified atom stereocenters. The number of carbonyl (C=O) groups is 2. The minimum Gasteiger partial charge on any atom is -0.481 e. The second-order valence-electron chi connectivity index (χ2n) is 7.14. The van der Waals surface area contributed by atoms with Crippen LogP contribution in [-0.2, 0) is 22.6 Å². The van der Waals surface area contributed by atoms with Crippen LogP contribution in [0.1, 0.15) is 31.4 Å². The quantitative estimate of drug-likeness (QED) is 0.634. The van der Waals surface area contributed by atoms with Gasteiger partial charge in [-0.25, -0.2) is 0 Å². The van der Waals surface area contributed by atoms with Gasteiger partial charge in [0, 0.05) is 25.7 Å². The van der Waals surface area contributed by atoms with Crippen molar-refractivity contribution >= 4 is 24.3 Å². The molecule has 1 aromatic rings. The van der Waals surface area contributed by atoms with Crippen molar-refractivity contribution in [2.45, 2.75) is 39.3 Å². The lowest BCUT2D eigenvalue weighted by Crippen LogP contribution is -2.42. The van der Waals surface area contributed by atoms with E-state index >= 15 is 0 Å². The summed E-state index contributed by atoms with van der Waals surface area (Å²) < 4.78 is 0. The number of amides is 1. The summed E-state index contributed by atoms with van der Waals surface area (Å²) in [7, 11) is 0. The van der Waals surface area contributed by atoms with E-state index in [4.69, 9.17) is 10.2 Å². The number of carboxylic acid groups (broad SMARTS) is 1. The van der Waals surface area contributed by atoms with Crippen molar-refractivity contribution in [3.63, 3.8) is 0 Å². The molecule has 1 saturated heterocycles. The van der Waals surface area contributed by atoms with Crippen molar-refractivity contribution in [1.29, 1.82) is 0 Å². The van der Waals surface area contributed by atoms with Crippen molar-refractivity contribution in [3.8, 4) is 0 Å². The van der Waals surface area contributed by atoms with Crippen LogP contribution in [0.15, 0.2) is 24.3 Å². The van der Waals surface area contributed by atoms with Crippen LogP contribution in [0.2, 0.25) is 0 Å². The van der Waals surface area contributed by atoms with E-state index in [9.17, 15) is 9.59 Å². The molecule has 1 aliphatic heterocycles. The van der Waals surface area contributed by atoms with Gasteiger partial charge in [0.25, 0.3) is 0 Å². The first kappa shape index (κ1) is 22.4. The van der Waals surface area contributed by atoms with Crippen molar-refractivity contribution < 1.29 is 19.8 Å². The van der Waals surface area contributed by atoms with Crippen LogP contribution in [0.5, 0.6) is 0 Å². The summed E-state index contributed by atoms with van der Waals surface area (Å²) in [5.41, 5.74) is 1.74. The molecule has 0 saturated carbocycles. The van der Waals surface area contributed by atoms with Crippen molar-refractivity contribution in [3.05, 3.63) is 35.4 Å². The number of halogens is 1. The molecular formula is C19H29ClN2O4. The first-order valence-corrected chi connectivity index (χ1v) is 8.81. The summed E-state index contributed by atoms with van der Waals surface area (Å²) in [5.74, 6) is -0.0640. The van der Waals surface area contributed by atoms with Gasteiger partial charge in [0.2, 0.25) is 5.91 Å². The van der Waals surface area contributed by atoms with Crippen LogP contribution in [0.3, 0.4) is 0 Å². The summed E-state index contributed by atoms with van der Waals surface area (Å²) in [6, 6.07) is 7.42. The van der Waals surface area contributed by atoms with Gasteiger partial charge in [0.05, 0.1) is 19.4 Å². The highest BCUT2D eigenvalue weighted by Gasteiger charge is 2.35. The van der Waals surface area contributed by atoms with Crippen LogP contribution in [0, 0.1) is 11.8 Å². The molecule has 7 heteroatoms. The number of aliphatic hydroxyl groups is 1. The van der Waals surface area contributed by atoms with Gasteiger partial charge in [0.1, 0.15) is 0 Å². The number of aliphatic carboxylic acids is 1. The predicted octanol–water partition coefficient (Wildman–Crippen LogP) is 1.69. The van der Waals surface area contributed by atoms with Crippen LogP contribution >= 0.6 is 12.4 Å². The molecule has 1 aliphatic rings. The minimum absolute atomic E-state index is 0. The monoisotopic (exact) mass is 384 g/mol. The Morgan fingerprint density at radius 3 is 2.35 bits per heavy atom. The van der Waals surface area contributed by atoms with Crippen LogP contribution in [0.4, 0.5) is 0 Å². The molecule has 3 N–H and O–H groups in total. The smallest absolute Gasteiger partial charge is 0.304 e. The van der Waals surface area contributed by atoms with Crippen molar-refractivity contribution in [2.75, 3.05) is 19.6 Å². The lowest BCUT2D eigenvalue weighted by Gasteiger charge is -2.23. The maximum Gasteiger partial charge on any atom is 0.304 e. The third kappa shape index (κ3) is 6.59. The Morgan fingerprint density at radius 2 is 1.81 bits per heavy atom. The zero-order chi connectivity index (χ0) is 18.4. The summed E-state index contributed by atoms with van der Waals surface area (Å²) in [4.78, 5) is 25.3. The molecule has 6 nitrogen and oxygen atoms in total. The lowest BCUT2D eigenvalue weighted by atomic mass is 9.91. The number of nitrogens with zero attached hydrogens (tertiary/aromatic N) is 1. The third-order valence-corrected chi connectivity index (χ3v) is 4.86. The van der Waals surface area contributed by atoms with Gasteiger partial charge in [-0.3, -0.25) is 9.59 Å². The molecule has 2 rings (SSSR count). The zero-order valence-electron chi connectivity index (χ0n) is 15.4. The van der Waals surface area contributed by atoms with E-state index in [2.05, 4.69) is 24.1 Å². The number of carboxylic acids is 1. The second-order valence-corrected chi connectivity index (χ2v) is 7.14. The fourth-order valence-corrected chi connectivity index (χ4v) is 3.38. The van der Waals surface area contributed by atoms with Gasteiger partial charge in [-0.2, -0.15) is 0 Å². The fraction of sp³-hybridized carbons (Fsp3) is 0.579. The van der Waals surface area contributed by atoms with Gasteiger partial charge >= 0.3 is 5.97 Å². The van der Waals surface area contributed by atoms with Gasteiger partial charge < -0.3 is 20.4 Å². The predicted molar refractivity (Wildman–Crippen MR) is 102 cm³/mol. The van der Waals surface area contributed by atoms with Crippen molar-refractivity contribution in [2.24, 2.45) is 11.8 Å². The average molecular weight is 385 g/mol. The van der Waals surface area contributed by atoms with Gasteiger partial charge in [-0.05, 0) is 23.0 Å². The number of hydrogen-bond acceptors (Lipinski definition) is 4. The molecule has 26 heavy (non-hydrogen) atoms. The highest BCUT2D eigenvalue weighted by atomic mass is 35.5. The molecule has 1 heterocycles. The SMILES string of the molecule is CC(C)[C@H]1CN(CCC(=O)O)C[C@@H]1NC(=O)Cc1ccc(CO)cc1.Cl. The molecule has 0 spiro atoms. The summed E-state index contributed by atoms with van der Waals surface area (Å²) in [5, 5.41) is 21.0. The number of aliphatic hydroxyl groups excluding tert-OH is 1. The Bertz CT molecular complexity index is 592. The standard InChI is InChI=1S/C19H28N2O4.ClH/c1-13(2)16-10-21(8-7-19(24)25)11-17(16)20-18(23)9-14-3-5-15(12-22)6-4-14;/h3-6,13,16-17,22H,7-12H2,1-2H3,(H,20,23)(H,24,25);1H/t16-,17+;/m1./s1. The number of benzene rings is 1. The highest BCUT2D eigenvalue weighted by Crippen LogP contribution is 2.24. The van der Waals surface area contributed by atoms with E-state index in [1.54, 1.807) is 0 Å². The van der Waals surface area contributed by atoms with Crippen LogP contribution in [-0.4, -0.2) is 52.7 Å². The van der Waals surface area contributed by atoms with Crippen LogP contribution < -0.4 is 5.32 Å². The van der Waals surface area contributed by atoms with Crippen molar-refractivity contribution in [1.82, 2.24) is 10.2 Å². The minimum atomic E-state index is -0.792. The van der Waals surface area contributed by atoms with E-state index in [1.165, 1.54) is 0 Å². The molecule has 1 aromatic carbocycles. The Kier molecular flexibility index (Phi) is 9.05. The maximum atomic E-state index is 12.4. The van der Waals surface area contributed by atoms with E-state index in [0.29, 0.717) is 31.3 Å². The fourth-order valence-electron chi connectivity index (χ4n) is 3.38. The molecule has 0 aromatic heterocycles. The number of nitrogens with one attached hydrogen (secondary N) is 1. The van der Waals surface area contributed by atoms with Gasteiger partial charge in [-0.15, -0.1) is 12.4 Å². The second kappa shape index (κ2) is 10.5. The molecule has 2 atom stereocenters. The summed E-state index contributed by atoms with van der Waals surface area (Å²) in [6.45, 7) is 6.31. The average Bonchev–Trinajstić information content (AvgIpc) is 2.96. The van der Waals surface area contributed by atoms with Crippen LogP contribution in [0.25, 0.3) is 0 Å². The van der Waals surface area contributed by atoms with Gasteiger partial charge in [-0.1, -0.05) is 38.1 Å². The molecule has 0 bridgehead atoms. The molecule has 0 aliphatic carbocycles. The third-order valence-electron chi connectivity index (χ3n) is 4.86. The molecular weight excluding hydrogens is 356 g/mol. The zero-order valence-corrected chi connectivity index (χ0v) is 16.2. The Hall–Kier alpha value is -1.63. The van der Waals surface area contributed by atoms with Gasteiger partial charge in [0.15, 0.2) is 0 Å². The highest BCUT2D eigenvalue weighted by molar-refractivity contribution is 5.85. The number of hydrogen-bond donors (Lipinski definition) is 3. The molecule has 146 valence electrons. The Balaban J connectivity index is 0.00000338. The first-order valence-electron chi connectivity index (χ1n) is 8.81. The summed E-state index contributed by atoms with van der Waals surface area (Å²) >= 11 is 0. The topological polar surface area (TPSA) is 89.9 Å². The Morgan fingerprint density at radius 1 is 1.19 bits per heavy atom. The molecule has 1 amide bonds. The van der Waals surface area contributed by atoms with E-state index in [0.717, 1.165) is 17.7 Å². The molecule has 0 radical (unpaired) electrons. The molecule has 1 fully saturated rings. The Labute approximate surface area is 161 Å². The first-order chi connectivity index (χ1) is 11.9. The summed E-state index contributed by atoms with van der Waals surface area (Å²) in [6.07, 6.45) is 0.435. The maximum absolute atomic E-state index is 12.4. The van der Waals surface area contributed by atoms with E-state index in [1.807, 2.05) is 24.3 Å². The number of rotatable bonds is 8. The van der Waals surface area contributed by atoms with E-state index < -0.39 is 5.97 Å². The number of likely N-dealkylation sites (tertiary alicyclic amines) is 1. The normalized spacial score (nSPS) is 20.0. The largest absolute Gasteiger partial charge is 0.481 e. The lowest BCUT2D eigenvalue weighted by molar-refractivity contribution is -0.137.